The molecule has 0 saturated carbocycles. The highest BCUT2D eigenvalue weighted by atomic mass is 32.2. The van der Waals surface area contributed by atoms with Crippen molar-refractivity contribution in [2.24, 2.45) is 0 Å². The van der Waals surface area contributed by atoms with Crippen molar-refractivity contribution in [2.45, 2.75) is 24.3 Å². The third kappa shape index (κ3) is 3.71. The molecule has 5 nitrogen and oxygen atoms in total. The van der Waals surface area contributed by atoms with Gasteiger partial charge in [0.25, 0.3) is 0 Å². The highest BCUT2D eigenvalue weighted by Gasteiger charge is 2.25. The van der Waals surface area contributed by atoms with Crippen LogP contribution in [0.25, 0.3) is 10.8 Å². The van der Waals surface area contributed by atoms with Crippen LogP contribution in [0.15, 0.2) is 53.4 Å². The van der Waals surface area contributed by atoms with Gasteiger partial charge in [0.05, 0.1) is 31.9 Å². The Kier molecular flexibility index (Phi) is 5.20. The van der Waals surface area contributed by atoms with Gasteiger partial charge in [-0.25, -0.2) is 0 Å². The molecule has 0 aromatic heterocycles. The van der Waals surface area contributed by atoms with Crippen LogP contribution in [0, 0.1) is 0 Å². The standard InChI is InChI=1S/C26H26N2O3S/c29-25(16-32-24-9-7-20-6-5-19-2-1-3-21(24)26(19)20)28-12-10-27(11-13-28)15-18-4-8-22-23(14-18)31-17-30-22/h1-4,7-9,14H,5-6,10-13,15-17H2/p+1. The lowest BCUT2D eigenvalue weighted by molar-refractivity contribution is -0.917. The lowest BCUT2D eigenvalue weighted by Gasteiger charge is -2.32. The number of hydrogen-bond donors (Lipinski definition) is 1. The highest BCUT2D eigenvalue weighted by molar-refractivity contribution is 8.00. The van der Waals surface area contributed by atoms with Crippen molar-refractivity contribution < 1.29 is 19.2 Å². The summed E-state index contributed by atoms with van der Waals surface area (Å²) < 4.78 is 10.9. The van der Waals surface area contributed by atoms with E-state index in [2.05, 4.69) is 42.5 Å². The van der Waals surface area contributed by atoms with Gasteiger partial charge >= 0.3 is 0 Å². The van der Waals surface area contributed by atoms with Crippen LogP contribution in [-0.2, 0) is 24.2 Å². The molecule has 32 heavy (non-hydrogen) atoms. The number of carbonyl (C=O) groups is 1. The molecule has 1 saturated heterocycles. The first kappa shape index (κ1) is 19.9. The summed E-state index contributed by atoms with van der Waals surface area (Å²) in [7, 11) is 0. The minimum atomic E-state index is 0.250. The molecule has 0 radical (unpaired) electrons. The summed E-state index contributed by atoms with van der Waals surface area (Å²) in [4.78, 5) is 17.7. The maximum Gasteiger partial charge on any atom is 0.233 e. The zero-order valence-electron chi connectivity index (χ0n) is 18.1. The number of piperazine rings is 1. The Morgan fingerprint density at radius 1 is 0.969 bits per heavy atom. The molecule has 164 valence electrons. The van der Waals surface area contributed by atoms with Crippen molar-refractivity contribution in [1.82, 2.24) is 4.90 Å². The molecule has 2 aliphatic heterocycles. The number of amides is 1. The smallest absolute Gasteiger partial charge is 0.233 e. The molecule has 3 aliphatic rings. The Hall–Kier alpha value is -2.70. The molecule has 1 aliphatic carbocycles. The summed E-state index contributed by atoms with van der Waals surface area (Å²) in [5.74, 6) is 2.43. The Morgan fingerprint density at radius 3 is 2.66 bits per heavy atom. The van der Waals surface area contributed by atoms with Crippen molar-refractivity contribution in [3.8, 4) is 11.5 Å². The number of aryl methyl sites for hydroxylation is 2. The minimum absolute atomic E-state index is 0.250. The number of thioether (sulfide) groups is 1. The van der Waals surface area contributed by atoms with Crippen LogP contribution in [0.1, 0.15) is 16.7 Å². The quantitative estimate of drug-likeness (QED) is 0.611. The van der Waals surface area contributed by atoms with Crippen LogP contribution >= 0.6 is 11.8 Å². The number of ether oxygens (including phenoxy) is 2. The van der Waals surface area contributed by atoms with Gasteiger partial charge in [0.15, 0.2) is 11.5 Å². The summed E-state index contributed by atoms with van der Waals surface area (Å²) in [6, 6.07) is 17.3. The third-order valence-electron chi connectivity index (χ3n) is 6.90. The number of nitrogens with zero attached hydrogens (tertiary/aromatic N) is 1. The lowest BCUT2D eigenvalue weighted by atomic mass is 10.1. The average Bonchev–Trinajstić information content (AvgIpc) is 3.47. The second kappa shape index (κ2) is 8.34. The Labute approximate surface area is 192 Å². The third-order valence-corrected chi connectivity index (χ3v) is 7.96. The van der Waals surface area contributed by atoms with Crippen molar-refractivity contribution in [3.63, 3.8) is 0 Å². The molecule has 1 fully saturated rings. The normalized spacial score (nSPS) is 17.3. The van der Waals surface area contributed by atoms with Crippen LogP contribution in [0.3, 0.4) is 0 Å². The van der Waals surface area contributed by atoms with E-state index >= 15 is 0 Å². The zero-order chi connectivity index (χ0) is 21.5. The van der Waals surface area contributed by atoms with E-state index in [0.717, 1.165) is 57.1 Å². The van der Waals surface area contributed by atoms with Gasteiger partial charge in [-0.3, -0.25) is 4.79 Å². The van der Waals surface area contributed by atoms with Crippen LogP contribution < -0.4 is 14.4 Å². The molecule has 2 heterocycles. The van der Waals surface area contributed by atoms with E-state index in [0.29, 0.717) is 12.5 Å². The number of quaternary nitrogens is 1. The number of benzene rings is 3. The predicted molar refractivity (Wildman–Crippen MR) is 126 cm³/mol. The van der Waals surface area contributed by atoms with E-state index in [1.165, 1.54) is 37.3 Å². The Balaban J connectivity index is 1.04. The SMILES string of the molecule is O=C(CSc1ccc2c3c(cccc13)CC2)N1CC[NH+](Cc2ccc3c(c2)OCO3)CC1. The number of nitrogens with one attached hydrogen (secondary N) is 1. The largest absolute Gasteiger partial charge is 0.454 e. The highest BCUT2D eigenvalue weighted by Crippen LogP contribution is 2.36. The van der Waals surface area contributed by atoms with E-state index in [1.54, 1.807) is 11.8 Å². The second-order valence-electron chi connectivity index (χ2n) is 8.85. The maximum absolute atomic E-state index is 12.9. The van der Waals surface area contributed by atoms with E-state index in [-0.39, 0.29) is 5.91 Å². The van der Waals surface area contributed by atoms with Crippen molar-refractivity contribution in [1.29, 1.82) is 0 Å². The number of rotatable bonds is 5. The number of fused-ring (bicyclic) bond motifs is 1. The monoisotopic (exact) mass is 447 g/mol. The summed E-state index contributed by atoms with van der Waals surface area (Å²) in [5, 5.41) is 2.74. The fourth-order valence-corrected chi connectivity index (χ4v) is 6.12. The van der Waals surface area contributed by atoms with E-state index < -0.39 is 0 Å². The van der Waals surface area contributed by atoms with Gasteiger partial charge in [-0.15, -0.1) is 11.8 Å². The number of carbonyl (C=O) groups excluding carboxylic acids is 1. The fraction of sp³-hybridized carbons (Fsp3) is 0.346. The zero-order valence-corrected chi connectivity index (χ0v) is 18.9. The first-order valence-electron chi connectivity index (χ1n) is 11.4. The Bertz CT molecular complexity index is 1180. The van der Waals surface area contributed by atoms with E-state index in [9.17, 15) is 4.79 Å². The topological polar surface area (TPSA) is 43.2 Å². The van der Waals surface area contributed by atoms with Crippen LogP contribution in [0.4, 0.5) is 0 Å². The second-order valence-corrected chi connectivity index (χ2v) is 9.86. The van der Waals surface area contributed by atoms with Crippen LogP contribution in [0.5, 0.6) is 11.5 Å². The summed E-state index contributed by atoms with van der Waals surface area (Å²) in [6.45, 7) is 4.86. The van der Waals surface area contributed by atoms with Gasteiger partial charge in [-0.05, 0) is 59.0 Å². The molecule has 0 atom stereocenters. The lowest BCUT2D eigenvalue weighted by Crippen LogP contribution is -3.13. The van der Waals surface area contributed by atoms with Gasteiger partial charge in [0.1, 0.15) is 6.54 Å². The molecule has 3 aromatic rings. The van der Waals surface area contributed by atoms with Crippen molar-refractivity contribution >= 4 is 28.4 Å². The van der Waals surface area contributed by atoms with Gasteiger partial charge < -0.3 is 19.3 Å². The van der Waals surface area contributed by atoms with Crippen molar-refractivity contribution in [2.75, 3.05) is 38.7 Å². The molecule has 1 amide bonds. The van der Waals surface area contributed by atoms with E-state index in [4.69, 9.17) is 9.47 Å². The molecular weight excluding hydrogens is 420 g/mol. The first-order valence-corrected chi connectivity index (χ1v) is 12.4. The van der Waals surface area contributed by atoms with Gasteiger partial charge in [-0.1, -0.05) is 24.3 Å². The van der Waals surface area contributed by atoms with Gasteiger partial charge in [-0.2, -0.15) is 0 Å². The minimum Gasteiger partial charge on any atom is -0.454 e. The van der Waals surface area contributed by atoms with Crippen LogP contribution in [-0.4, -0.2) is 49.5 Å². The first-order chi connectivity index (χ1) is 15.7. The molecule has 1 N–H and O–H groups in total. The van der Waals surface area contributed by atoms with Crippen molar-refractivity contribution in [3.05, 3.63) is 65.2 Å². The molecule has 0 bridgehead atoms. The molecule has 6 heteroatoms. The molecule has 3 aromatic carbocycles. The molecule has 0 spiro atoms. The molecular formula is C26H27N2O3S+. The van der Waals surface area contributed by atoms with Crippen LogP contribution in [0.2, 0.25) is 0 Å². The molecule has 6 rings (SSSR count). The molecule has 0 unspecified atom stereocenters. The number of hydrogen-bond acceptors (Lipinski definition) is 4. The van der Waals surface area contributed by atoms with Gasteiger partial charge in [0.2, 0.25) is 12.7 Å². The van der Waals surface area contributed by atoms with Gasteiger partial charge in [0, 0.05) is 10.5 Å². The maximum atomic E-state index is 12.9. The fourth-order valence-electron chi connectivity index (χ4n) is 5.17. The summed E-state index contributed by atoms with van der Waals surface area (Å²) in [5.41, 5.74) is 4.16. The predicted octanol–water partition coefficient (Wildman–Crippen LogP) is 2.69. The summed E-state index contributed by atoms with van der Waals surface area (Å²) in [6.07, 6.45) is 2.27. The van der Waals surface area contributed by atoms with E-state index in [1.807, 2.05) is 11.0 Å². The Morgan fingerprint density at radius 2 is 1.78 bits per heavy atom. The average molecular weight is 448 g/mol. The summed E-state index contributed by atoms with van der Waals surface area (Å²) >= 11 is 1.69.